The lowest BCUT2D eigenvalue weighted by Crippen LogP contribution is -2.29. The number of nitrogens with one attached hydrogen (secondary N) is 2. The number of nitro benzene ring substituents is 1. The lowest BCUT2D eigenvalue weighted by atomic mass is 10.2. The Hall–Kier alpha value is -3.03. The van der Waals surface area contributed by atoms with Crippen LogP contribution >= 0.6 is 0 Å². The lowest BCUT2D eigenvalue weighted by molar-refractivity contribution is -0.387. The summed E-state index contributed by atoms with van der Waals surface area (Å²) in [4.78, 5) is 21.5. The maximum absolute atomic E-state index is 13.2. The number of nitro groups is 1. The van der Waals surface area contributed by atoms with E-state index in [2.05, 4.69) is 10.6 Å². The van der Waals surface area contributed by atoms with E-state index in [9.17, 15) is 23.7 Å². The Balaban J connectivity index is 1.85. The van der Waals surface area contributed by atoms with Crippen molar-refractivity contribution in [3.05, 3.63) is 69.8 Å². The summed E-state index contributed by atoms with van der Waals surface area (Å²) in [7, 11) is 0. The van der Waals surface area contributed by atoms with E-state index in [0.29, 0.717) is 0 Å². The molecule has 2 rings (SSSR count). The first-order valence-corrected chi connectivity index (χ1v) is 6.64. The number of nitrogens with zero attached hydrogens (tertiary/aromatic N) is 1. The zero-order chi connectivity index (χ0) is 16.8. The molecule has 1 amide bonds. The summed E-state index contributed by atoms with van der Waals surface area (Å²) >= 11 is 0. The smallest absolute Gasteiger partial charge is 0.306 e. The van der Waals surface area contributed by atoms with Crippen molar-refractivity contribution in [2.75, 3.05) is 11.9 Å². The molecule has 0 aliphatic rings. The molecule has 0 saturated heterocycles. The minimum atomic E-state index is -0.943. The summed E-state index contributed by atoms with van der Waals surface area (Å²) in [5.74, 6) is -1.66. The van der Waals surface area contributed by atoms with E-state index in [-0.39, 0.29) is 30.5 Å². The number of anilines is 1. The molecule has 0 fully saturated rings. The van der Waals surface area contributed by atoms with Gasteiger partial charge >= 0.3 is 5.69 Å². The summed E-state index contributed by atoms with van der Waals surface area (Å²) in [5, 5.41) is 15.9. The van der Waals surface area contributed by atoms with Gasteiger partial charge in [0.15, 0.2) is 0 Å². The van der Waals surface area contributed by atoms with E-state index >= 15 is 0 Å². The van der Waals surface area contributed by atoms with E-state index in [1.165, 1.54) is 18.2 Å². The predicted octanol–water partition coefficient (Wildman–Crippen LogP) is 2.60. The summed E-state index contributed by atoms with van der Waals surface area (Å²) in [5.41, 5.74) is 0.328. The number of hydrogen-bond acceptors (Lipinski definition) is 4. The van der Waals surface area contributed by atoms with Crippen molar-refractivity contribution in [3.8, 4) is 0 Å². The van der Waals surface area contributed by atoms with Gasteiger partial charge in [-0.3, -0.25) is 14.9 Å². The SMILES string of the molecule is O=C(CNc1ccc(F)c([N+](=O)[O-])c1)NCc1ccc(F)cc1. The molecule has 0 aliphatic carbocycles. The fourth-order valence-corrected chi connectivity index (χ4v) is 1.81. The van der Waals surface area contributed by atoms with Crippen LogP contribution < -0.4 is 10.6 Å². The van der Waals surface area contributed by atoms with Crippen LogP contribution in [0.15, 0.2) is 42.5 Å². The molecule has 0 heterocycles. The molecule has 6 nitrogen and oxygen atoms in total. The second-order valence-electron chi connectivity index (χ2n) is 4.68. The van der Waals surface area contributed by atoms with Crippen molar-refractivity contribution >= 4 is 17.3 Å². The number of amides is 1. The van der Waals surface area contributed by atoms with E-state index in [1.807, 2.05) is 0 Å². The number of hydrogen-bond donors (Lipinski definition) is 2. The zero-order valence-corrected chi connectivity index (χ0v) is 11.9. The maximum atomic E-state index is 13.2. The highest BCUT2D eigenvalue weighted by Gasteiger charge is 2.14. The maximum Gasteiger partial charge on any atom is 0.306 e. The van der Waals surface area contributed by atoms with Crippen LogP contribution in [0.3, 0.4) is 0 Å². The van der Waals surface area contributed by atoms with Gasteiger partial charge in [0.1, 0.15) is 5.82 Å². The standard InChI is InChI=1S/C15H13F2N3O3/c16-11-3-1-10(2-4-11)8-19-15(21)9-18-12-5-6-13(17)14(7-12)20(22)23/h1-7,18H,8-9H2,(H,19,21). The molecular weight excluding hydrogens is 308 g/mol. The molecule has 2 aromatic rings. The van der Waals surface area contributed by atoms with Gasteiger partial charge in [-0.1, -0.05) is 12.1 Å². The van der Waals surface area contributed by atoms with Crippen molar-refractivity contribution < 1.29 is 18.5 Å². The average Bonchev–Trinajstić information content (AvgIpc) is 2.53. The topological polar surface area (TPSA) is 84.3 Å². The van der Waals surface area contributed by atoms with E-state index in [0.717, 1.165) is 17.7 Å². The van der Waals surface area contributed by atoms with Crippen LogP contribution in [0.2, 0.25) is 0 Å². The third-order valence-corrected chi connectivity index (χ3v) is 3.00. The van der Waals surface area contributed by atoms with Crippen LogP contribution in [-0.2, 0) is 11.3 Å². The molecule has 0 aliphatic heterocycles. The van der Waals surface area contributed by atoms with E-state index in [4.69, 9.17) is 0 Å². The molecular formula is C15H13F2N3O3. The highest BCUT2D eigenvalue weighted by atomic mass is 19.1. The Morgan fingerprint density at radius 1 is 1.13 bits per heavy atom. The minimum Gasteiger partial charge on any atom is -0.376 e. The fourth-order valence-electron chi connectivity index (χ4n) is 1.81. The number of carbonyl (C=O) groups is 1. The lowest BCUT2D eigenvalue weighted by Gasteiger charge is -2.08. The van der Waals surface area contributed by atoms with Crippen molar-refractivity contribution in [2.45, 2.75) is 6.54 Å². The van der Waals surface area contributed by atoms with Crippen molar-refractivity contribution in [1.29, 1.82) is 0 Å². The van der Waals surface area contributed by atoms with Crippen molar-refractivity contribution in [3.63, 3.8) is 0 Å². The molecule has 0 aromatic heterocycles. The third-order valence-electron chi connectivity index (χ3n) is 3.00. The predicted molar refractivity (Wildman–Crippen MR) is 79.8 cm³/mol. The van der Waals surface area contributed by atoms with Crippen LogP contribution in [0.25, 0.3) is 0 Å². The van der Waals surface area contributed by atoms with Gasteiger partial charge in [-0.25, -0.2) is 4.39 Å². The van der Waals surface area contributed by atoms with E-state index < -0.39 is 16.4 Å². The van der Waals surface area contributed by atoms with Gasteiger partial charge < -0.3 is 10.6 Å². The Labute approximate surface area is 130 Å². The fraction of sp³-hybridized carbons (Fsp3) is 0.133. The number of carbonyl (C=O) groups excluding carboxylic acids is 1. The normalized spacial score (nSPS) is 10.2. The Kier molecular flexibility index (Phi) is 5.19. The molecule has 120 valence electrons. The molecule has 2 N–H and O–H groups in total. The van der Waals surface area contributed by atoms with Crippen LogP contribution in [0.4, 0.5) is 20.2 Å². The van der Waals surface area contributed by atoms with Gasteiger partial charge in [0.2, 0.25) is 11.7 Å². The van der Waals surface area contributed by atoms with Gasteiger partial charge in [-0.2, -0.15) is 4.39 Å². The quantitative estimate of drug-likeness (QED) is 0.633. The summed E-state index contributed by atoms with van der Waals surface area (Å²) in [6, 6.07) is 8.95. The molecule has 0 radical (unpaired) electrons. The van der Waals surface area contributed by atoms with Gasteiger partial charge in [-0.15, -0.1) is 0 Å². The molecule has 0 bridgehead atoms. The minimum absolute atomic E-state index is 0.135. The number of benzene rings is 2. The highest BCUT2D eigenvalue weighted by Crippen LogP contribution is 2.21. The van der Waals surface area contributed by atoms with Gasteiger partial charge in [0.05, 0.1) is 11.5 Å². The number of halogens is 2. The molecule has 2 aromatic carbocycles. The molecule has 23 heavy (non-hydrogen) atoms. The molecule has 0 spiro atoms. The molecule has 0 unspecified atom stereocenters. The third kappa shape index (κ3) is 4.73. The van der Waals surface area contributed by atoms with Crippen molar-refractivity contribution in [1.82, 2.24) is 5.32 Å². The zero-order valence-electron chi connectivity index (χ0n) is 11.9. The first-order valence-electron chi connectivity index (χ1n) is 6.64. The molecule has 8 heteroatoms. The highest BCUT2D eigenvalue weighted by molar-refractivity contribution is 5.80. The van der Waals surface area contributed by atoms with Crippen LogP contribution in [0.5, 0.6) is 0 Å². The Bertz CT molecular complexity index is 720. The van der Waals surface area contributed by atoms with Gasteiger partial charge in [0.25, 0.3) is 0 Å². The first-order chi connectivity index (χ1) is 11.0. The Morgan fingerprint density at radius 3 is 2.48 bits per heavy atom. The second-order valence-corrected chi connectivity index (χ2v) is 4.68. The first kappa shape index (κ1) is 16.3. The van der Waals surface area contributed by atoms with Gasteiger partial charge in [0, 0.05) is 18.3 Å². The van der Waals surface area contributed by atoms with Crippen LogP contribution in [0.1, 0.15) is 5.56 Å². The number of rotatable bonds is 6. The summed E-state index contributed by atoms with van der Waals surface area (Å²) < 4.78 is 25.9. The second kappa shape index (κ2) is 7.30. The summed E-state index contributed by atoms with van der Waals surface area (Å²) in [6.07, 6.45) is 0. The van der Waals surface area contributed by atoms with Crippen LogP contribution in [0, 0.1) is 21.7 Å². The monoisotopic (exact) mass is 321 g/mol. The Morgan fingerprint density at radius 2 is 1.83 bits per heavy atom. The average molecular weight is 321 g/mol. The van der Waals surface area contributed by atoms with Crippen LogP contribution in [-0.4, -0.2) is 17.4 Å². The van der Waals surface area contributed by atoms with Gasteiger partial charge in [-0.05, 0) is 29.8 Å². The van der Waals surface area contributed by atoms with E-state index in [1.54, 1.807) is 12.1 Å². The largest absolute Gasteiger partial charge is 0.376 e. The summed E-state index contributed by atoms with van der Waals surface area (Å²) in [6.45, 7) is 0.0916. The van der Waals surface area contributed by atoms with Crippen molar-refractivity contribution in [2.24, 2.45) is 0 Å². The molecule has 0 saturated carbocycles. The molecule has 0 atom stereocenters.